The van der Waals surface area contributed by atoms with Crippen molar-refractivity contribution < 1.29 is 5.11 Å². The number of nitrogens with zero attached hydrogens (tertiary/aromatic N) is 1. The molecule has 0 aliphatic rings. The van der Waals surface area contributed by atoms with E-state index >= 15 is 0 Å². The fourth-order valence-corrected chi connectivity index (χ4v) is 2.94. The molecule has 1 heterocycles. The van der Waals surface area contributed by atoms with Crippen molar-refractivity contribution in [3.8, 4) is 0 Å². The third kappa shape index (κ3) is 2.99. The number of rotatable bonds is 3. The van der Waals surface area contributed by atoms with Gasteiger partial charge in [0.05, 0.1) is 5.60 Å². The Morgan fingerprint density at radius 1 is 1.10 bits per heavy atom. The van der Waals surface area contributed by atoms with Crippen LogP contribution in [0, 0.1) is 0 Å². The van der Waals surface area contributed by atoms with Crippen molar-refractivity contribution in [2.75, 3.05) is 0 Å². The molecule has 2 aromatic carbocycles. The molecule has 1 unspecified atom stereocenters. The number of halogens is 1. The minimum absolute atomic E-state index is 0.564. The van der Waals surface area contributed by atoms with Crippen molar-refractivity contribution in [3.63, 3.8) is 0 Å². The van der Waals surface area contributed by atoms with Crippen molar-refractivity contribution in [1.82, 2.24) is 4.98 Å². The molecule has 3 heteroatoms. The van der Waals surface area contributed by atoms with Gasteiger partial charge in [-0.3, -0.25) is 4.98 Å². The van der Waals surface area contributed by atoms with Crippen molar-refractivity contribution in [3.05, 3.63) is 76.5 Å². The highest BCUT2D eigenvalue weighted by atomic mass is 79.9. The standard InChI is InChI=1S/C18H16BrNO/c1-18(21,11-13-5-7-15(19)8-6-13)17-4-2-3-14-9-10-20-12-16(14)17/h2-10,12,21H,11H2,1H3. The van der Waals surface area contributed by atoms with E-state index in [9.17, 15) is 5.11 Å². The molecule has 1 aromatic heterocycles. The number of aromatic nitrogens is 1. The van der Waals surface area contributed by atoms with Gasteiger partial charge in [-0.05, 0) is 41.6 Å². The molecule has 0 bridgehead atoms. The number of benzene rings is 2. The van der Waals surface area contributed by atoms with Crippen molar-refractivity contribution >= 4 is 26.7 Å². The minimum Gasteiger partial charge on any atom is -0.385 e. The van der Waals surface area contributed by atoms with E-state index in [0.29, 0.717) is 6.42 Å². The summed E-state index contributed by atoms with van der Waals surface area (Å²) in [5, 5.41) is 13.1. The summed E-state index contributed by atoms with van der Waals surface area (Å²) in [4.78, 5) is 4.19. The molecule has 3 aromatic rings. The van der Waals surface area contributed by atoms with Crippen molar-refractivity contribution in [2.24, 2.45) is 0 Å². The Labute approximate surface area is 132 Å². The summed E-state index contributed by atoms with van der Waals surface area (Å²) >= 11 is 3.43. The van der Waals surface area contributed by atoms with E-state index in [0.717, 1.165) is 26.4 Å². The van der Waals surface area contributed by atoms with E-state index in [2.05, 4.69) is 20.9 Å². The van der Waals surface area contributed by atoms with Gasteiger partial charge in [0.15, 0.2) is 0 Å². The lowest BCUT2D eigenvalue weighted by Gasteiger charge is -2.25. The molecule has 0 aliphatic carbocycles. The van der Waals surface area contributed by atoms with Gasteiger partial charge >= 0.3 is 0 Å². The molecule has 0 spiro atoms. The largest absolute Gasteiger partial charge is 0.385 e. The second-order valence-electron chi connectivity index (χ2n) is 5.48. The Morgan fingerprint density at radius 3 is 2.62 bits per heavy atom. The number of pyridine rings is 1. The first-order valence-corrected chi connectivity index (χ1v) is 7.66. The molecule has 21 heavy (non-hydrogen) atoms. The molecule has 0 saturated carbocycles. The Hall–Kier alpha value is -1.71. The summed E-state index contributed by atoms with van der Waals surface area (Å²) in [5.41, 5.74) is 1.08. The minimum atomic E-state index is -0.934. The third-order valence-electron chi connectivity index (χ3n) is 3.73. The topological polar surface area (TPSA) is 33.1 Å². The van der Waals surface area contributed by atoms with Crippen LogP contribution in [0.3, 0.4) is 0 Å². The molecule has 106 valence electrons. The average Bonchev–Trinajstić information content (AvgIpc) is 2.49. The SMILES string of the molecule is CC(O)(Cc1ccc(Br)cc1)c1cccc2ccncc12. The molecule has 0 fully saturated rings. The van der Waals surface area contributed by atoms with Crippen LogP contribution in [0.1, 0.15) is 18.1 Å². The lowest BCUT2D eigenvalue weighted by molar-refractivity contribution is 0.0592. The van der Waals surface area contributed by atoms with Gasteiger partial charge in [0, 0.05) is 28.7 Å². The molecular weight excluding hydrogens is 326 g/mol. The summed E-state index contributed by atoms with van der Waals surface area (Å²) in [6, 6.07) is 16.0. The van der Waals surface area contributed by atoms with Gasteiger partial charge in [0.25, 0.3) is 0 Å². The smallest absolute Gasteiger partial charge is 0.0915 e. The molecule has 0 radical (unpaired) electrons. The molecule has 3 rings (SSSR count). The average molecular weight is 342 g/mol. The first-order chi connectivity index (χ1) is 10.1. The van der Waals surface area contributed by atoms with Crippen LogP contribution < -0.4 is 0 Å². The molecule has 2 nitrogen and oxygen atoms in total. The van der Waals surface area contributed by atoms with E-state index in [1.165, 1.54) is 0 Å². The fraction of sp³-hybridized carbons (Fsp3) is 0.167. The second kappa shape index (κ2) is 5.58. The highest BCUT2D eigenvalue weighted by molar-refractivity contribution is 9.10. The Bertz CT molecular complexity index is 760. The molecule has 0 saturated heterocycles. The molecule has 1 atom stereocenters. The maximum Gasteiger partial charge on any atom is 0.0915 e. The number of hydrogen-bond acceptors (Lipinski definition) is 2. The van der Waals surface area contributed by atoms with E-state index < -0.39 is 5.60 Å². The van der Waals surface area contributed by atoms with E-state index in [1.54, 1.807) is 6.20 Å². The first-order valence-electron chi connectivity index (χ1n) is 6.86. The fourth-order valence-electron chi connectivity index (χ4n) is 2.68. The van der Waals surface area contributed by atoms with Crippen molar-refractivity contribution in [2.45, 2.75) is 18.9 Å². The number of hydrogen-bond donors (Lipinski definition) is 1. The van der Waals surface area contributed by atoms with Gasteiger partial charge in [-0.25, -0.2) is 0 Å². The van der Waals surface area contributed by atoms with Crippen LogP contribution in [-0.4, -0.2) is 10.1 Å². The number of fused-ring (bicyclic) bond motifs is 1. The predicted molar refractivity (Wildman–Crippen MR) is 89.2 cm³/mol. The van der Waals surface area contributed by atoms with Crippen molar-refractivity contribution in [1.29, 1.82) is 0 Å². The first kappa shape index (κ1) is 14.2. The summed E-state index contributed by atoms with van der Waals surface area (Å²) < 4.78 is 1.04. The maximum atomic E-state index is 11.0. The van der Waals surface area contributed by atoms with Crippen LogP contribution in [-0.2, 0) is 12.0 Å². The monoisotopic (exact) mass is 341 g/mol. The van der Waals surface area contributed by atoms with Gasteiger partial charge in [-0.2, -0.15) is 0 Å². The van der Waals surface area contributed by atoms with Crippen LogP contribution in [0.5, 0.6) is 0 Å². The zero-order valence-electron chi connectivity index (χ0n) is 11.8. The van der Waals surface area contributed by atoms with Crippen LogP contribution in [0.15, 0.2) is 65.4 Å². The van der Waals surface area contributed by atoms with Crippen LogP contribution in [0.25, 0.3) is 10.8 Å². The summed E-state index contributed by atoms with van der Waals surface area (Å²) in [6.07, 6.45) is 4.16. The van der Waals surface area contributed by atoms with Gasteiger partial charge < -0.3 is 5.11 Å². The number of aliphatic hydroxyl groups is 1. The Morgan fingerprint density at radius 2 is 1.86 bits per heavy atom. The van der Waals surface area contributed by atoms with Gasteiger partial charge in [0.2, 0.25) is 0 Å². The zero-order valence-corrected chi connectivity index (χ0v) is 13.3. The summed E-state index contributed by atoms with van der Waals surface area (Å²) in [7, 11) is 0. The molecule has 0 amide bonds. The highest BCUT2D eigenvalue weighted by Gasteiger charge is 2.25. The van der Waals surface area contributed by atoms with E-state index in [1.807, 2.05) is 61.7 Å². The predicted octanol–water partition coefficient (Wildman–Crippen LogP) is 4.45. The van der Waals surface area contributed by atoms with Gasteiger partial charge in [0.1, 0.15) is 0 Å². The molecular formula is C18H16BrNO. The van der Waals surface area contributed by atoms with E-state index in [4.69, 9.17) is 0 Å². The summed E-state index contributed by atoms with van der Waals surface area (Å²) in [6.45, 7) is 1.86. The third-order valence-corrected chi connectivity index (χ3v) is 4.25. The highest BCUT2D eigenvalue weighted by Crippen LogP contribution is 2.31. The lowest BCUT2D eigenvalue weighted by atomic mass is 9.86. The molecule has 1 N–H and O–H groups in total. The zero-order chi connectivity index (χ0) is 14.9. The normalized spacial score (nSPS) is 14.0. The summed E-state index contributed by atoms with van der Waals surface area (Å²) in [5.74, 6) is 0. The second-order valence-corrected chi connectivity index (χ2v) is 6.40. The van der Waals surface area contributed by atoms with Gasteiger partial charge in [-0.1, -0.05) is 46.3 Å². The Balaban J connectivity index is 2.01. The lowest BCUT2D eigenvalue weighted by Crippen LogP contribution is -2.24. The van der Waals surface area contributed by atoms with Crippen LogP contribution >= 0.6 is 15.9 Å². The molecule has 0 aliphatic heterocycles. The van der Waals surface area contributed by atoms with Crippen LogP contribution in [0.4, 0.5) is 0 Å². The van der Waals surface area contributed by atoms with E-state index in [-0.39, 0.29) is 0 Å². The quantitative estimate of drug-likeness (QED) is 0.763. The van der Waals surface area contributed by atoms with Gasteiger partial charge in [-0.15, -0.1) is 0 Å². The maximum absolute atomic E-state index is 11.0. The van der Waals surface area contributed by atoms with Crippen LogP contribution in [0.2, 0.25) is 0 Å². The Kier molecular flexibility index (Phi) is 3.79.